The number of nitrogens with one attached hydrogen (secondary N) is 2. The van der Waals surface area contributed by atoms with Crippen molar-refractivity contribution in [1.29, 1.82) is 0 Å². The second-order valence-electron chi connectivity index (χ2n) is 6.39. The van der Waals surface area contributed by atoms with Crippen molar-refractivity contribution >= 4 is 51.0 Å². The SMILES string of the molecule is Cc1cc(NC(=O)C(C)SCC(=O)Nc2ccc(Oc3ccc(Br)cc3)cc2)no1. The number of carbonyl (C=O) groups is 2. The molecule has 1 atom stereocenters. The predicted molar refractivity (Wildman–Crippen MR) is 121 cm³/mol. The van der Waals surface area contributed by atoms with E-state index in [2.05, 4.69) is 31.7 Å². The van der Waals surface area contributed by atoms with Crippen LogP contribution >= 0.6 is 27.7 Å². The summed E-state index contributed by atoms with van der Waals surface area (Å²) in [6.07, 6.45) is 0. The van der Waals surface area contributed by atoms with Crippen LogP contribution in [-0.2, 0) is 9.59 Å². The van der Waals surface area contributed by atoms with Crippen molar-refractivity contribution in [2.45, 2.75) is 19.1 Å². The zero-order valence-electron chi connectivity index (χ0n) is 16.3. The Labute approximate surface area is 186 Å². The smallest absolute Gasteiger partial charge is 0.238 e. The maximum atomic E-state index is 12.2. The van der Waals surface area contributed by atoms with E-state index in [4.69, 9.17) is 9.26 Å². The molecule has 156 valence electrons. The van der Waals surface area contributed by atoms with Gasteiger partial charge in [-0.15, -0.1) is 11.8 Å². The van der Waals surface area contributed by atoms with E-state index in [9.17, 15) is 9.59 Å². The van der Waals surface area contributed by atoms with Gasteiger partial charge >= 0.3 is 0 Å². The summed E-state index contributed by atoms with van der Waals surface area (Å²) in [5, 5.41) is 8.76. The lowest BCUT2D eigenvalue weighted by molar-refractivity contribution is -0.115. The molecule has 1 aromatic heterocycles. The van der Waals surface area contributed by atoms with E-state index in [1.165, 1.54) is 11.8 Å². The Hall–Kier alpha value is -2.78. The number of amides is 2. The fraction of sp³-hybridized carbons (Fsp3) is 0.190. The third kappa shape index (κ3) is 6.64. The summed E-state index contributed by atoms with van der Waals surface area (Å²) >= 11 is 4.62. The number of benzene rings is 2. The molecule has 0 aliphatic heterocycles. The van der Waals surface area contributed by atoms with Gasteiger partial charge in [-0.3, -0.25) is 9.59 Å². The maximum absolute atomic E-state index is 12.2. The molecular weight excluding hydrogens is 470 g/mol. The number of anilines is 2. The van der Waals surface area contributed by atoms with Gasteiger partial charge < -0.3 is 19.9 Å². The molecule has 9 heteroatoms. The first-order valence-electron chi connectivity index (χ1n) is 9.08. The van der Waals surface area contributed by atoms with Gasteiger partial charge in [-0.05, 0) is 62.4 Å². The van der Waals surface area contributed by atoms with Crippen LogP contribution in [0.25, 0.3) is 0 Å². The molecule has 0 bridgehead atoms. The third-order valence-electron chi connectivity index (χ3n) is 3.90. The number of nitrogens with zero attached hydrogens (tertiary/aromatic N) is 1. The van der Waals surface area contributed by atoms with E-state index in [0.29, 0.717) is 23.0 Å². The van der Waals surface area contributed by atoms with Crippen LogP contribution < -0.4 is 15.4 Å². The van der Waals surface area contributed by atoms with Gasteiger partial charge in [0.05, 0.1) is 11.0 Å². The average molecular weight is 490 g/mol. The quantitative estimate of drug-likeness (QED) is 0.449. The van der Waals surface area contributed by atoms with E-state index in [1.807, 2.05) is 24.3 Å². The van der Waals surface area contributed by atoms with Gasteiger partial charge in [-0.1, -0.05) is 21.1 Å². The van der Waals surface area contributed by atoms with E-state index in [0.717, 1.165) is 10.2 Å². The number of halogens is 1. The van der Waals surface area contributed by atoms with Crippen molar-refractivity contribution in [2.24, 2.45) is 0 Å². The minimum absolute atomic E-state index is 0.142. The first-order chi connectivity index (χ1) is 14.4. The van der Waals surface area contributed by atoms with Gasteiger partial charge in [0.1, 0.15) is 17.3 Å². The Morgan fingerprint density at radius 2 is 1.73 bits per heavy atom. The zero-order chi connectivity index (χ0) is 21.5. The molecule has 1 heterocycles. The van der Waals surface area contributed by atoms with Crippen molar-refractivity contribution in [2.75, 3.05) is 16.4 Å². The average Bonchev–Trinajstić information content (AvgIpc) is 3.14. The van der Waals surface area contributed by atoms with Crippen LogP contribution in [0.3, 0.4) is 0 Å². The monoisotopic (exact) mass is 489 g/mol. The van der Waals surface area contributed by atoms with Gasteiger partial charge in [0.25, 0.3) is 0 Å². The molecule has 7 nitrogen and oxygen atoms in total. The molecule has 0 saturated heterocycles. The summed E-state index contributed by atoms with van der Waals surface area (Å²) in [4.78, 5) is 24.3. The van der Waals surface area contributed by atoms with E-state index < -0.39 is 5.25 Å². The molecular formula is C21H20BrN3O4S. The largest absolute Gasteiger partial charge is 0.457 e. The van der Waals surface area contributed by atoms with E-state index in [-0.39, 0.29) is 17.6 Å². The van der Waals surface area contributed by atoms with Crippen molar-refractivity contribution < 1.29 is 18.8 Å². The highest BCUT2D eigenvalue weighted by Crippen LogP contribution is 2.24. The van der Waals surface area contributed by atoms with Crippen LogP contribution in [0, 0.1) is 6.92 Å². The number of carbonyl (C=O) groups excluding carboxylic acids is 2. The molecule has 3 rings (SSSR count). The Bertz CT molecular complexity index is 1010. The Kier molecular flexibility index (Phi) is 7.53. The van der Waals surface area contributed by atoms with Gasteiger partial charge in [-0.25, -0.2) is 0 Å². The van der Waals surface area contributed by atoms with Crippen LogP contribution in [-0.4, -0.2) is 28.0 Å². The number of ether oxygens (including phenoxy) is 1. The lowest BCUT2D eigenvalue weighted by Gasteiger charge is -2.11. The van der Waals surface area contributed by atoms with Gasteiger partial charge in [0.15, 0.2) is 5.82 Å². The van der Waals surface area contributed by atoms with Crippen molar-refractivity contribution in [3.8, 4) is 11.5 Å². The summed E-state index contributed by atoms with van der Waals surface area (Å²) in [5.74, 6) is 2.06. The number of thioether (sulfide) groups is 1. The lowest BCUT2D eigenvalue weighted by atomic mass is 10.3. The van der Waals surface area contributed by atoms with E-state index >= 15 is 0 Å². The summed E-state index contributed by atoms with van der Waals surface area (Å²) in [7, 11) is 0. The molecule has 0 fully saturated rings. The van der Waals surface area contributed by atoms with Crippen molar-refractivity contribution in [3.63, 3.8) is 0 Å². The number of hydrogen-bond acceptors (Lipinski definition) is 6. The number of aromatic nitrogens is 1. The Morgan fingerprint density at radius 1 is 1.10 bits per heavy atom. The number of rotatable bonds is 8. The van der Waals surface area contributed by atoms with Crippen LogP contribution in [0.2, 0.25) is 0 Å². The molecule has 0 radical (unpaired) electrons. The molecule has 0 aliphatic rings. The van der Waals surface area contributed by atoms with Crippen molar-refractivity contribution in [1.82, 2.24) is 5.16 Å². The van der Waals surface area contributed by atoms with Crippen LogP contribution in [0.4, 0.5) is 11.5 Å². The predicted octanol–water partition coefficient (Wildman–Crippen LogP) is 5.24. The van der Waals surface area contributed by atoms with Gasteiger partial charge in [0, 0.05) is 16.2 Å². The minimum atomic E-state index is -0.422. The van der Waals surface area contributed by atoms with Gasteiger partial charge in [-0.2, -0.15) is 0 Å². The summed E-state index contributed by atoms with van der Waals surface area (Å²) < 4.78 is 11.6. The molecule has 30 heavy (non-hydrogen) atoms. The highest BCUT2D eigenvalue weighted by molar-refractivity contribution is 9.10. The summed E-state index contributed by atoms with van der Waals surface area (Å²) in [6, 6.07) is 16.2. The summed E-state index contributed by atoms with van der Waals surface area (Å²) in [6.45, 7) is 3.47. The Morgan fingerprint density at radius 3 is 2.33 bits per heavy atom. The molecule has 0 saturated carbocycles. The van der Waals surface area contributed by atoms with Gasteiger partial charge in [0.2, 0.25) is 11.8 Å². The third-order valence-corrected chi connectivity index (χ3v) is 5.57. The van der Waals surface area contributed by atoms with E-state index in [1.54, 1.807) is 44.2 Å². The second kappa shape index (κ2) is 10.3. The first kappa shape index (κ1) is 21.9. The molecule has 3 aromatic rings. The molecule has 2 amide bonds. The number of hydrogen-bond donors (Lipinski definition) is 2. The maximum Gasteiger partial charge on any atom is 0.238 e. The minimum Gasteiger partial charge on any atom is -0.457 e. The van der Waals surface area contributed by atoms with Crippen LogP contribution in [0.1, 0.15) is 12.7 Å². The zero-order valence-corrected chi connectivity index (χ0v) is 18.7. The molecule has 0 aliphatic carbocycles. The molecule has 1 unspecified atom stereocenters. The second-order valence-corrected chi connectivity index (χ2v) is 8.64. The molecule has 2 aromatic carbocycles. The van der Waals surface area contributed by atoms with Crippen LogP contribution in [0.15, 0.2) is 63.6 Å². The van der Waals surface area contributed by atoms with Crippen molar-refractivity contribution in [3.05, 3.63) is 64.8 Å². The highest BCUT2D eigenvalue weighted by Gasteiger charge is 2.17. The lowest BCUT2D eigenvalue weighted by Crippen LogP contribution is -2.25. The fourth-order valence-electron chi connectivity index (χ4n) is 2.37. The number of aryl methyl sites for hydroxylation is 1. The normalized spacial score (nSPS) is 11.6. The molecule has 0 spiro atoms. The standard InChI is InChI=1S/C21H20BrN3O4S/c1-13-11-19(25-29-13)24-21(27)14(2)30-12-20(26)23-16-5-9-18(10-6-16)28-17-7-3-15(22)4-8-17/h3-11,14H,12H2,1-2H3,(H,23,26)(H,24,25,27). The van der Waals surface area contributed by atoms with Crippen LogP contribution in [0.5, 0.6) is 11.5 Å². The topological polar surface area (TPSA) is 93.5 Å². The molecule has 2 N–H and O–H groups in total. The highest BCUT2D eigenvalue weighted by atomic mass is 79.9. The Balaban J connectivity index is 1.43. The summed E-state index contributed by atoms with van der Waals surface area (Å²) in [5.41, 5.74) is 0.652. The fourth-order valence-corrected chi connectivity index (χ4v) is 3.32. The first-order valence-corrected chi connectivity index (χ1v) is 10.9.